The summed E-state index contributed by atoms with van der Waals surface area (Å²) in [6.45, 7) is 4.54. The highest BCUT2D eigenvalue weighted by Crippen LogP contribution is 2.19. The molecule has 2 rings (SSSR count). The van der Waals surface area contributed by atoms with Crippen molar-refractivity contribution in [2.24, 2.45) is 0 Å². The van der Waals surface area contributed by atoms with Crippen LogP contribution in [0.2, 0.25) is 0 Å². The van der Waals surface area contributed by atoms with Crippen molar-refractivity contribution < 1.29 is 9.53 Å². The number of likely N-dealkylation sites (N-methyl/N-ethyl adjacent to an activating group) is 1. The van der Waals surface area contributed by atoms with Crippen molar-refractivity contribution in [1.82, 2.24) is 10.2 Å². The van der Waals surface area contributed by atoms with Crippen molar-refractivity contribution in [3.8, 4) is 5.75 Å². The molecule has 4 heteroatoms. The SMILES string of the molecule is CCOc1ccccc1C=CC(=O)N(C)C1CCNCC1. The van der Waals surface area contributed by atoms with Gasteiger partial charge in [-0.3, -0.25) is 4.79 Å². The van der Waals surface area contributed by atoms with Crippen LogP contribution < -0.4 is 10.1 Å². The molecular weight excluding hydrogens is 264 g/mol. The molecule has 0 spiro atoms. The largest absolute Gasteiger partial charge is 0.493 e. The van der Waals surface area contributed by atoms with Crippen LogP contribution in [0.15, 0.2) is 30.3 Å². The van der Waals surface area contributed by atoms with Crippen molar-refractivity contribution in [2.45, 2.75) is 25.8 Å². The van der Waals surface area contributed by atoms with Crippen molar-refractivity contribution in [2.75, 3.05) is 26.7 Å². The fourth-order valence-corrected chi connectivity index (χ4v) is 2.56. The maximum atomic E-state index is 12.3. The lowest BCUT2D eigenvalue weighted by atomic mass is 10.1. The summed E-state index contributed by atoms with van der Waals surface area (Å²) in [5.74, 6) is 0.863. The molecule has 21 heavy (non-hydrogen) atoms. The number of carbonyl (C=O) groups is 1. The Balaban J connectivity index is 2.01. The summed E-state index contributed by atoms with van der Waals surface area (Å²) < 4.78 is 5.56. The van der Waals surface area contributed by atoms with Gasteiger partial charge in [0.25, 0.3) is 0 Å². The second kappa shape index (κ2) is 7.84. The molecule has 4 nitrogen and oxygen atoms in total. The van der Waals surface area contributed by atoms with Gasteiger partial charge in [0.1, 0.15) is 5.75 Å². The normalized spacial score (nSPS) is 16.1. The van der Waals surface area contributed by atoms with E-state index >= 15 is 0 Å². The van der Waals surface area contributed by atoms with Crippen molar-refractivity contribution in [3.05, 3.63) is 35.9 Å². The molecule has 0 aromatic heterocycles. The predicted molar refractivity (Wildman–Crippen MR) is 85.3 cm³/mol. The first-order chi connectivity index (χ1) is 10.2. The zero-order valence-corrected chi connectivity index (χ0v) is 12.8. The lowest BCUT2D eigenvalue weighted by Crippen LogP contribution is -2.43. The predicted octanol–water partition coefficient (Wildman–Crippen LogP) is 2.31. The quantitative estimate of drug-likeness (QED) is 0.845. The van der Waals surface area contributed by atoms with Crippen LogP contribution in [0.5, 0.6) is 5.75 Å². The summed E-state index contributed by atoms with van der Waals surface area (Å²) in [5.41, 5.74) is 0.936. The van der Waals surface area contributed by atoms with Gasteiger partial charge in [-0.05, 0) is 45.0 Å². The number of nitrogens with one attached hydrogen (secondary N) is 1. The van der Waals surface area contributed by atoms with Crippen LogP contribution in [0, 0.1) is 0 Å². The molecule has 1 amide bonds. The Morgan fingerprint density at radius 2 is 2.10 bits per heavy atom. The van der Waals surface area contributed by atoms with Gasteiger partial charge in [-0.1, -0.05) is 18.2 Å². The van der Waals surface area contributed by atoms with E-state index in [4.69, 9.17) is 4.74 Å². The zero-order valence-electron chi connectivity index (χ0n) is 12.8. The number of carbonyl (C=O) groups excluding carboxylic acids is 1. The molecule has 0 radical (unpaired) electrons. The third-order valence-electron chi connectivity index (χ3n) is 3.83. The van der Waals surface area contributed by atoms with Gasteiger partial charge in [-0.25, -0.2) is 0 Å². The van der Waals surface area contributed by atoms with Gasteiger partial charge in [0, 0.05) is 24.7 Å². The summed E-state index contributed by atoms with van der Waals surface area (Å²) in [7, 11) is 1.89. The summed E-state index contributed by atoms with van der Waals surface area (Å²) >= 11 is 0. The second-order valence-corrected chi connectivity index (χ2v) is 5.23. The number of hydrogen-bond donors (Lipinski definition) is 1. The number of nitrogens with zero attached hydrogens (tertiary/aromatic N) is 1. The zero-order chi connectivity index (χ0) is 15.1. The first-order valence-electron chi connectivity index (χ1n) is 7.59. The van der Waals surface area contributed by atoms with Crippen LogP contribution in [-0.4, -0.2) is 43.6 Å². The third kappa shape index (κ3) is 4.33. The van der Waals surface area contributed by atoms with E-state index < -0.39 is 0 Å². The molecule has 1 aliphatic rings. The van der Waals surface area contributed by atoms with Crippen molar-refractivity contribution >= 4 is 12.0 Å². The van der Waals surface area contributed by atoms with Gasteiger partial charge in [-0.2, -0.15) is 0 Å². The average Bonchev–Trinajstić information content (AvgIpc) is 2.54. The number of para-hydroxylation sites is 1. The first-order valence-corrected chi connectivity index (χ1v) is 7.59. The molecular formula is C17H24N2O2. The number of piperidine rings is 1. The topological polar surface area (TPSA) is 41.6 Å². The molecule has 0 saturated carbocycles. The van der Waals surface area contributed by atoms with E-state index in [2.05, 4.69) is 5.32 Å². The van der Waals surface area contributed by atoms with Crippen LogP contribution in [0.3, 0.4) is 0 Å². The number of amides is 1. The van der Waals surface area contributed by atoms with Gasteiger partial charge in [0.2, 0.25) is 5.91 Å². The number of hydrogen-bond acceptors (Lipinski definition) is 3. The maximum Gasteiger partial charge on any atom is 0.246 e. The maximum absolute atomic E-state index is 12.3. The van der Waals surface area contributed by atoms with E-state index in [1.165, 1.54) is 0 Å². The Labute approximate surface area is 126 Å². The lowest BCUT2D eigenvalue weighted by Gasteiger charge is -2.30. The number of ether oxygens (including phenoxy) is 1. The Morgan fingerprint density at radius 1 is 1.38 bits per heavy atom. The minimum atomic E-state index is 0.0493. The molecule has 0 atom stereocenters. The van der Waals surface area contributed by atoms with Gasteiger partial charge in [-0.15, -0.1) is 0 Å². The van der Waals surface area contributed by atoms with Gasteiger partial charge in [0.05, 0.1) is 6.61 Å². The monoisotopic (exact) mass is 288 g/mol. The minimum absolute atomic E-state index is 0.0493. The average molecular weight is 288 g/mol. The second-order valence-electron chi connectivity index (χ2n) is 5.23. The molecule has 0 unspecified atom stereocenters. The molecule has 114 valence electrons. The molecule has 1 aromatic rings. The van der Waals surface area contributed by atoms with Crippen LogP contribution in [0.4, 0.5) is 0 Å². The highest BCUT2D eigenvalue weighted by Gasteiger charge is 2.20. The summed E-state index contributed by atoms with van der Waals surface area (Å²) in [4.78, 5) is 14.1. The Bertz CT molecular complexity index is 493. The van der Waals surface area contributed by atoms with Gasteiger partial charge < -0.3 is 15.0 Å². The molecule has 1 N–H and O–H groups in total. The van der Waals surface area contributed by atoms with Crippen LogP contribution in [0.1, 0.15) is 25.3 Å². The summed E-state index contributed by atoms with van der Waals surface area (Å²) in [5, 5.41) is 3.32. The third-order valence-corrected chi connectivity index (χ3v) is 3.83. The highest BCUT2D eigenvalue weighted by atomic mass is 16.5. The molecule has 1 heterocycles. The van der Waals surface area contributed by atoms with Crippen molar-refractivity contribution in [1.29, 1.82) is 0 Å². The molecule has 1 fully saturated rings. The first kappa shape index (κ1) is 15.6. The molecule has 0 aliphatic carbocycles. The van der Waals surface area contributed by atoms with E-state index in [-0.39, 0.29) is 5.91 Å². The minimum Gasteiger partial charge on any atom is -0.493 e. The molecule has 1 saturated heterocycles. The lowest BCUT2D eigenvalue weighted by molar-refractivity contribution is -0.127. The Hall–Kier alpha value is -1.81. The summed E-state index contributed by atoms with van der Waals surface area (Å²) in [6, 6.07) is 8.10. The fraction of sp³-hybridized carbons (Fsp3) is 0.471. The van der Waals surface area contributed by atoms with Gasteiger partial charge in [0.15, 0.2) is 0 Å². The van der Waals surface area contributed by atoms with E-state index in [1.807, 2.05) is 49.2 Å². The van der Waals surface area contributed by atoms with Crippen LogP contribution in [-0.2, 0) is 4.79 Å². The van der Waals surface area contributed by atoms with E-state index in [0.717, 1.165) is 37.2 Å². The van der Waals surface area contributed by atoms with E-state index in [1.54, 1.807) is 6.08 Å². The van der Waals surface area contributed by atoms with Gasteiger partial charge >= 0.3 is 0 Å². The summed E-state index contributed by atoms with van der Waals surface area (Å²) in [6.07, 6.45) is 5.52. The smallest absolute Gasteiger partial charge is 0.246 e. The highest BCUT2D eigenvalue weighted by molar-refractivity contribution is 5.92. The van der Waals surface area contributed by atoms with E-state index in [9.17, 15) is 4.79 Å². The number of rotatable bonds is 5. The molecule has 1 aromatic carbocycles. The van der Waals surface area contributed by atoms with Crippen molar-refractivity contribution in [3.63, 3.8) is 0 Å². The standard InChI is InChI=1S/C17H24N2O2/c1-3-21-16-7-5-4-6-14(16)8-9-17(20)19(2)15-10-12-18-13-11-15/h4-9,15,18H,3,10-13H2,1-2H3. The fourth-order valence-electron chi connectivity index (χ4n) is 2.56. The number of benzene rings is 1. The Morgan fingerprint density at radius 3 is 2.81 bits per heavy atom. The Kier molecular flexibility index (Phi) is 5.81. The molecule has 1 aliphatic heterocycles. The van der Waals surface area contributed by atoms with E-state index in [0.29, 0.717) is 12.6 Å². The van der Waals surface area contributed by atoms with Crippen LogP contribution >= 0.6 is 0 Å². The molecule has 0 bridgehead atoms. The van der Waals surface area contributed by atoms with Crippen LogP contribution in [0.25, 0.3) is 6.08 Å².